The predicted molar refractivity (Wildman–Crippen MR) is 87.5 cm³/mol. The van der Waals surface area contributed by atoms with Gasteiger partial charge in [-0.3, -0.25) is 0 Å². The van der Waals surface area contributed by atoms with Gasteiger partial charge < -0.3 is 25.0 Å². The fourth-order valence-electron chi connectivity index (χ4n) is 3.07. The normalized spacial score (nSPS) is 16.7. The lowest BCUT2D eigenvalue weighted by molar-refractivity contribution is 0.391. The van der Waals surface area contributed by atoms with Crippen LogP contribution in [0.5, 0.6) is 23.0 Å². The Hall–Kier alpha value is -2.40. The van der Waals surface area contributed by atoms with Crippen LogP contribution in [0.2, 0.25) is 0 Å². The van der Waals surface area contributed by atoms with Gasteiger partial charge in [0, 0.05) is 12.1 Å². The Balaban J connectivity index is 1.92. The Labute approximate surface area is 135 Å². The van der Waals surface area contributed by atoms with Crippen LogP contribution in [0, 0.1) is 0 Å². The van der Waals surface area contributed by atoms with E-state index in [4.69, 9.17) is 9.47 Å². The number of rotatable bonds is 4. The van der Waals surface area contributed by atoms with E-state index in [0.29, 0.717) is 0 Å². The Morgan fingerprint density at radius 1 is 1.00 bits per heavy atom. The summed E-state index contributed by atoms with van der Waals surface area (Å²) in [5, 5.41) is 23.0. The molecule has 5 heteroatoms. The summed E-state index contributed by atoms with van der Waals surface area (Å²) < 4.78 is 10.6. The van der Waals surface area contributed by atoms with E-state index in [2.05, 4.69) is 5.32 Å². The Morgan fingerprint density at radius 2 is 1.65 bits per heavy atom. The number of aromatic hydroxyl groups is 2. The molecule has 0 radical (unpaired) electrons. The van der Waals surface area contributed by atoms with Gasteiger partial charge in [-0.15, -0.1) is 0 Å². The van der Waals surface area contributed by atoms with Crippen molar-refractivity contribution in [2.45, 2.75) is 18.9 Å². The topological polar surface area (TPSA) is 71.0 Å². The van der Waals surface area contributed by atoms with Crippen molar-refractivity contribution in [1.82, 2.24) is 5.32 Å². The molecule has 0 bridgehead atoms. The lowest BCUT2D eigenvalue weighted by atomic mass is 9.90. The number of phenols is 2. The van der Waals surface area contributed by atoms with Gasteiger partial charge in [-0.2, -0.15) is 0 Å². The molecule has 2 aromatic carbocycles. The van der Waals surface area contributed by atoms with Crippen molar-refractivity contribution in [1.29, 1.82) is 0 Å². The first-order chi connectivity index (χ1) is 11.1. The van der Waals surface area contributed by atoms with Crippen molar-refractivity contribution in [3.63, 3.8) is 0 Å². The summed E-state index contributed by atoms with van der Waals surface area (Å²) in [6, 6.07) is 9.19. The van der Waals surface area contributed by atoms with Gasteiger partial charge in [0.05, 0.1) is 14.2 Å². The van der Waals surface area contributed by atoms with Gasteiger partial charge in [0.2, 0.25) is 0 Å². The molecule has 5 nitrogen and oxygen atoms in total. The van der Waals surface area contributed by atoms with Gasteiger partial charge >= 0.3 is 0 Å². The summed E-state index contributed by atoms with van der Waals surface area (Å²) in [5.74, 6) is 1.36. The number of ether oxygens (including phenoxy) is 2. The molecule has 3 rings (SSSR count). The third-order valence-corrected chi connectivity index (χ3v) is 4.25. The smallest absolute Gasteiger partial charge is 0.157 e. The molecule has 1 atom stereocenters. The van der Waals surface area contributed by atoms with Gasteiger partial charge in [0.15, 0.2) is 11.5 Å². The molecule has 23 heavy (non-hydrogen) atoms. The molecular weight excluding hydrogens is 294 g/mol. The van der Waals surface area contributed by atoms with Crippen LogP contribution in [0.15, 0.2) is 30.3 Å². The van der Waals surface area contributed by atoms with E-state index >= 15 is 0 Å². The van der Waals surface area contributed by atoms with E-state index < -0.39 is 0 Å². The van der Waals surface area contributed by atoms with Crippen LogP contribution in [0.4, 0.5) is 0 Å². The van der Waals surface area contributed by atoms with Crippen LogP contribution in [0.1, 0.15) is 22.7 Å². The second-order valence-corrected chi connectivity index (χ2v) is 5.72. The van der Waals surface area contributed by atoms with E-state index in [1.165, 1.54) is 0 Å². The molecule has 122 valence electrons. The largest absolute Gasteiger partial charge is 0.504 e. The zero-order chi connectivity index (χ0) is 16.4. The number of hydrogen-bond acceptors (Lipinski definition) is 5. The zero-order valence-corrected chi connectivity index (χ0v) is 13.3. The minimum atomic E-state index is -0.0827. The van der Waals surface area contributed by atoms with Crippen molar-refractivity contribution in [3.05, 3.63) is 47.0 Å². The second-order valence-electron chi connectivity index (χ2n) is 5.72. The Morgan fingerprint density at radius 3 is 2.30 bits per heavy atom. The minimum absolute atomic E-state index is 0.0625. The molecule has 0 fully saturated rings. The molecule has 0 saturated heterocycles. The summed E-state index contributed by atoms with van der Waals surface area (Å²) in [6.45, 7) is 0.836. The maximum Gasteiger partial charge on any atom is 0.157 e. The third kappa shape index (κ3) is 3.19. The lowest BCUT2D eigenvalue weighted by Crippen LogP contribution is -2.31. The van der Waals surface area contributed by atoms with E-state index in [-0.39, 0.29) is 17.5 Å². The van der Waals surface area contributed by atoms with Crippen molar-refractivity contribution in [2.75, 3.05) is 20.8 Å². The molecule has 2 aromatic rings. The first kappa shape index (κ1) is 15.5. The van der Waals surface area contributed by atoms with Crippen LogP contribution in [-0.4, -0.2) is 31.0 Å². The third-order valence-electron chi connectivity index (χ3n) is 4.25. The van der Waals surface area contributed by atoms with Gasteiger partial charge in [-0.05, 0) is 60.3 Å². The predicted octanol–water partition coefficient (Wildman–Crippen LogP) is 2.54. The van der Waals surface area contributed by atoms with Crippen LogP contribution in [-0.2, 0) is 12.8 Å². The fraction of sp³-hybridized carbons (Fsp3) is 0.333. The van der Waals surface area contributed by atoms with E-state index in [0.717, 1.165) is 47.6 Å². The highest BCUT2D eigenvalue weighted by Crippen LogP contribution is 2.35. The average molecular weight is 315 g/mol. The number of methoxy groups -OCH3 is 2. The van der Waals surface area contributed by atoms with E-state index in [1.54, 1.807) is 26.4 Å². The highest BCUT2D eigenvalue weighted by molar-refractivity contribution is 5.48. The van der Waals surface area contributed by atoms with Crippen molar-refractivity contribution < 1.29 is 19.7 Å². The summed E-state index contributed by atoms with van der Waals surface area (Å²) >= 11 is 0. The van der Waals surface area contributed by atoms with Crippen LogP contribution >= 0.6 is 0 Å². The highest BCUT2D eigenvalue weighted by atomic mass is 16.5. The Bertz CT molecular complexity index is 692. The number of phenolic OH excluding ortho intramolecular Hbond substituents is 2. The molecule has 1 aliphatic rings. The average Bonchev–Trinajstić information content (AvgIpc) is 2.56. The lowest BCUT2D eigenvalue weighted by Gasteiger charge is -2.27. The molecule has 1 heterocycles. The SMILES string of the molecule is COc1cc(CC2NCCc3cc(O)c(O)cc32)cc(OC)c1. The molecule has 0 spiro atoms. The van der Waals surface area contributed by atoms with Crippen molar-refractivity contribution in [2.24, 2.45) is 0 Å². The molecule has 0 saturated carbocycles. The van der Waals surface area contributed by atoms with Gasteiger partial charge in [-0.25, -0.2) is 0 Å². The molecule has 3 N–H and O–H groups in total. The van der Waals surface area contributed by atoms with Crippen molar-refractivity contribution >= 4 is 0 Å². The molecule has 0 amide bonds. The monoisotopic (exact) mass is 315 g/mol. The van der Waals surface area contributed by atoms with Crippen LogP contribution < -0.4 is 14.8 Å². The highest BCUT2D eigenvalue weighted by Gasteiger charge is 2.22. The number of benzene rings is 2. The summed E-state index contributed by atoms with van der Waals surface area (Å²) in [7, 11) is 3.26. The summed E-state index contributed by atoms with van der Waals surface area (Å²) in [4.78, 5) is 0. The maximum absolute atomic E-state index is 9.81. The molecule has 0 aromatic heterocycles. The number of hydrogen-bond donors (Lipinski definition) is 3. The van der Waals surface area contributed by atoms with Crippen LogP contribution in [0.3, 0.4) is 0 Å². The molecule has 0 aliphatic carbocycles. The summed E-state index contributed by atoms with van der Waals surface area (Å²) in [5.41, 5.74) is 3.17. The first-order valence-electron chi connectivity index (χ1n) is 7.60. The second kappa shape index (κ2) is 6.38. The Kier molecular flexibility index (Phi) is 4.30. The van der Waals surface area contributed by atoms with Gasteiger partial charge in [0.1, 0.15) is 11.5 Å². The standard InChI is InChI=1S/C18H21NO4/c1-22-13-5-11(6-14(9-13)23-2)7-16-15-10-18(21)17(20)8-12(15)3-4-19-16/h5-6,8-10,16,19-21H,3-4,7H2,1-2H3. The quantitative estimate of drug-likeness (QED) is 0.756. The number of fused-ring (bicyclic) bond motifs is 1. The van der Waals surface area contributed by atoms with Crippen LogP contribution in [0.25, 0.3) is 0 Å². The molecule has 1 aliphatic heterocycles. The van der Waals surface area contributed by atoms with E-state index in [1.807, 2.05) is 18.2 Å². The minimum Gasteiger partial charge on any atom is -0.504 e. The van der Waals surface area contributed by atoms with Gasteiger partial charge in [-0.1, -0.05) is 0 Å². The number of nitrogens with one attached hydrogen (secondary N) is 1. The van der Waals surface area contributed by atoms with Crippen molar-refractivity contribution in [3.8, 4) is 23.0 Å². The first-order valence-corrected chi connectivity index (χ1v) is 7.60. The molecule has 1 unspecified atom stereocenters. The molecular formula is C18H21NO4. The van der Waals surface area contributed by atoms with Gasteiger partial charge in [0.25, 0.3) is 0 Å². The fourth-order valence-corrected chi connectivity index (χ4v) is 3.07. The maximum atomic E-state index is 9.81. The zero-order valence-electron chi connectivity index (χ0n) is 13.3. The van der Waals surface area contributed by atoms with E-state index in [9.17, 15) is 10.2 Å². The summed E-state index contributed by atoms with van der Waals surface area (Å²) in [6.07, 6.45) is 1.58.